The molecule has 0 aromatic heterocycles. The van der Waals surface area contributed by atoms with Gasteiger partial charge in [0, 0.05) is 25.0 Å². The molecule has 1 saturated heterocycles. The van der Waals surface area contributed by atoms with Gasteiger partial charge in [0.2, 0.25) is 5.91 Å². The van der Waals surface area contributed by atoms with Gasteiger partial charge in [0.1, 0.15) is 6.61 Å². The predicted octanol–water partition coefficient (Wildman–Crippen LogP) is 2.95. The van der Waals surface area contributed by atoms with Crippen LogP contribution in [-0.2, 0) is 16.1 Å². The summed E-state index contributed by atoms with van der Waals surface area (Å²) in [4.78, 5) is 26.1. The highest BCUT2D eigenvalue weighted by molar-refractivity contribution is 5.79. The molecule has 1 heterocycles. The van der Waals surface area contributed by atoms with E-state index in [4.69, 9.17) is 4.74 Å². The maximum Gasteiger partial charge on any atom is 0.410 e. The van der Waals surface area contributed by atoms with Gasteiger partial charge in [-0.3, -0.25) is 4.79 Å². The van der Waals surface area contributed by atoms with Crippen LogP contribution in [0.25, 0.3) is 0 Å². The van der Waals surface area contributed by atoms with E-state index < -0.39 is 0 Å². The van der Waals surface area contributed by atoms with Gasteiger partial charge in [-0.25, -0.2) is 4.79 Å². The van der Waals surface area contributed by atoms with E-state index in [1.54, 1.807) is 4.90 Å². The van der Waals surface area contributed by atoms with Crippen molar-refractivity contribution in [2.24, 2.45) is 11.8 Å². The SMILES string of the molecule is C[C@@H](NC(=O)C1CCN(C(=O)OCc2ccccc2)CC1)C1CC1. The zero-order valence-corrected chi connectivity index (χ0v) is 14.2. The Balaban J connectivity index is 1.39. The van der Waals surface area contributed by atoms with Crippen molar-refractivity contribution in [3.63, 3.8) is 0 Å². The van der Waals surface area contributed by atoms with E-state index in [0.717, 1.165) is 5.56 Å². The van der Waals surface area contributed by atoms with Crippen LogP contribution in [-0.4, -0.2) is 36.0 Å². The average Bonchev–Trinajstić information content (AvgIpc) is 3.46. The summed E-state index contributed by atoms with van der Waals surface area (Å²) in [5.41, 5.74) is 0.981. The normalized spacial score (nSPS) is 19.6. The number of piperidine rings is 1. The average molecular weight is 330 g/mol. The van der Waals surface area contributed by atoms with Gasteiger partial charge in [-0.15, -0.1) is 0 Å². The Morgan fingerprint density at radius 3 is 2.46 bits per heavy atom. The molecule has 2 aliphatic rings. The maximum atomic E-state index is 12.3. The molecule has 1 aromatic rings. The fourth-order valence-corrected chi connectivity index (χ4v) is 3.19. The van der Waals surface area contributed by atoms with E-state index in [9.17, 15) is 9.59 Å². The minimum atomic E-state index is -0.288. The Morgan fingerprint density at radius 1 is 1.17 bits per heavy atom. The maximum absolute atomic E-state index is 12.3. The molecule has 1 saturated carbocycles. The van der Waals surface area contributed by atoms with E-state index in [2.05, 4.69) is 12.2 Å². The van der Waals surface area contributed by atoms with Crippen LogP contribution in [0.2, 0.25) is 0 Å². The summed E-state index contributed by atoms with van der Waals surface area (Å²) in [5, 5.41) is 3.13. The van der Waals surface area contributed by atoms with Crippen molar-refractivity contribution in [1.82, 2.24) is 10.2 Å². The van der Waals surface area contributed by atoms with Gasteiger partial charge >= 0.3 is 6.09 Å². The first-order valence-corrected chi connectivity index (χ1v) is 8.89. The fourth-order valence-electron chi connectivity index (χ4n) is 3.19. The first-order chi connectivity index (χ1) is 11.6. The lowest BCUT2D eigenvalue weighted by molar-refractivity contribution is -0.127. The molecule has 0 spiro atoms. The van der Waals surface area contributed by atoms with Crippen LogP contribution in [0.3, 0.4) is 0 Å². The number of benzene rings is 1. The smallest absolute Gasteiger partial charge is 0.410 e. The van der Waals surface area contributed by atoms with Gasteiger partial charge in [0.15, 0.2) is 0 Å². The second kappa shape index (κ2) is 7.69. The highest BCUT2D eigenvalue weighted by atomic mass is 16.6. The molecule has 1 N–H and O–H groups in total. The van der Waals surface area contributed by atoms with Crippen LogP contribution < -0.4 is 5.32 Å². The van der Waals surface area contributed by atoms with Crippen LogP contribution in [0.1, 0.15) is 38.2 Å². The van der Waals surface area contributed by atoms with Crippen molar-refractivity contribution in [3.05, 3.63) is 35.9 Å². The number of amides is 2. The van der Waals surface area contributed by atoms with Crippen molar-refractivity contribution >= 4 is 12.0 Å². The quantitative estimate of drug-likeness (QED) is 0.903. The molecule has 0 bridgehead atoms. The minimum Gasteiger partial charge on any atom is -0.445 e. The van der Waals surface area contributed by atoms with E-state index in [-0.39, 0.29) is 24.0 Å². The van der Waals surface area contributed by atoms with Crippen molar-refractivity contribution in [2.75, 3.05) is 13.1 Å². The highest BCUT2D eigenvalue weighted by Gasteiger charge is 2.32. The molecule has 1 aliphatic heterocycles. The number of ether oxygens (including phenoxy) is 1. The van der Waals surface area contributed by atoms with E-state index in [0.29, 0.717) is 38.5 Å². The second-order valence-electron chi connectivity index (χ2n) is 6.94. The zero-order chi connectivity index (χ0) is 16.9. The predicted molar refractivity (Wildman–Crippen MR) is 91.3 cm³/mol. The third-order valence-corrected chi connectivity index (χ3v) is 5.03. The molecular weight excluding hydrogens is 304 g/mol. The van der Waals surface area contributed by atoms with Gasteiger partial charge in [-0.05, 0) is 44.1 Å². The lowest BCUT2D eigenvalue weighted by atomic mass is 9.95. The molecule has 0 radical (unpaired) electrons. The summed E-state index contributed by atoms with van der Waals surface area (Å²) in [7, 11) is 0. The summed E-state index contributed by atoms with van der Waals surface area (Å²) in [5.74, 6) is 0.832. The standard InChI is InChI=1S/C19H26N2O3/c1-14(16-7-8-16)20-18(22)17-9-11-21(12-10-17)19(23)24-13-15-5-3-2-4-6-15/h2-6,14,16-17H,7-13H2,1H3,(H,20,22)/t14-/m1/s1. The monoisotopic (exact) mass is 330 g/mol. The van der Waals surface area contributed by atoms with Crippen molar-refractivity contribution < 1.29 is 14.3 Å². The van der Waals surface area contributed by atoms with Crippen LogP contribution in [0.5, 0.6) is 0 Å². The Bertz CT molecular complexity index is 563. The van der Waals surface area contributed by atoms with Gasteiger partial charge < -0.3 is 15.0 Å². The molecule has 2 amide bonds. The largest absolute Gasteiger partial charge is 0.445 e. The lowest BCUT2D eigenvalue weighted by Gasteiger charge is -2.31. The van der Waals surface area contributed by atoms with Crippen LogP contribution in [0.4, 0.5) is 4.79 Å². The molecule has 24 heavy (non-hydrogen) atoms. The molecular formula is C19H26N2O3. The third kappa shape index (κ3) is 4.49. The van der Waals surface area contributed by atoms with Gasteiger partial charge in [0.05, 0.1) is 0 Å². The lowest BCUT2D eigenvalue weighted by Crippen LogP contribution is -2.45. The molecule has 130 valence electrons. The molecule has 1 aromatic carbocycles. The molecule has 2 fully saturated rings. The van der Waals surface area contributed by atoms with Crippen molar-refractivity contribution in [3.8, 4) is 0 Å². The van der Waals surface area contributed by atoms with Crippen LogP contribution in [0, 0.1) is 11.8 Å². The number of carbonyl (C=O) groups is 2. The Kier molecular flexibility index (Phi) is 5.38. The van der Waals surface area contributed by atoms with Crippen molar-refractivity contribution in [1.29, 1.82) is 0 Å². The third-order valence-electron chi connectivity index (χ3n) is 5.03. The van der Waals surface area contributed by atoms with Crippen LogP contribution >= 0.6 is 0 Å². The molecule has 5 heteroatoms. The second-order valence-corrected chi connectivity index (χ2v) is 6.94. The summed E-state index contributed by atoms with van der Waals surface area (Å²) < 4.78 is 5.35. The number of likely N-dealkylation sites (tertiary alicyclic amines) is 1. The van der Waals surface area contributed by atoms with E-state index >= 15 is 0 Å². The summed E-state index contributed by atoms with van der Waals surface area (Å²) in [6.45, 7) is 3.55. The number of rotatable bonds is 5. The Hall–Kier alpha value is -2.04. The topological polar surface area (TPSA) is 58.6 Å². The zero-order valence-electron chi connectivity index (χ0n) is 14.2. The Morgan fingerprint density at radius 2 is 1.83 bits per heavy atom. The van der Waals surface area contributed by atoms with Gasteiger partial charge in [-0.1, -0.05) is 30.3 Å². The Labute approximate surface area is 143 Å². The van der Waals surface area contributed by atoms with Crippen molar-refractivity contribution in [2.45, 2.75) is 45.3 Å². The highest BCUT2D eigenvalue weighted by Crippen LogP contribution is 2.32. The minimum absolute atomic E-state index is 0.0179. The molecule has 1 atom stereocenters. The van der Waals surface area contributed by atoms with Gasteiger partial charge in [-0.2, -0.15) is 0 Å². The first-order valence-electron chi connectivity index (χ1n) is 8.89. The molecule has 0 unspecified atom stereocenters. The summed E-state index contributed by atoms with van der Waals surface area (Å²) in [6, 6.07) is 9.94. The van der Waals surface area contributed by atoms with Crippen LogP contribution in [0.15, 0.2) is 30.3 Å². The fraction of sp³-hybridized carbons (Fsp3) is 0.579. The van der Waals surface area contributed by atoms with Gasteiger partial charge in [0.25, 0.3) is 0 Å². The number of nitrogens with zero attached hydrogens (tertiary/aromatic N) is 1. The number of hydrogen-bond donors (Lipinski definition) is 1. The van der Waals surface area contributed by atoms with E-state index in [1.807, 2.05) is 30.3 Å². The number of carbonyl (C=O) groups excluding carboxylic acids is 2. The molecule has 3 rings (SSSR count). The van der Waals surface area contributed by atoms with E-state index in [1.165, 1.54) is 12.8 Å². The number of hydrogen-bond acceptors (Lipinski definition) is 3. The summed E-state index contributed by atoms with van der Waals surface area (Å²) in [6.07, 6.45) is 3.59. The molecule has 5 nitrogen and oxygen atoms in total. The first kappa shape index (κ1) is 16.8. The number of nitrogens with one attached hydrogen (secondary N) is 1. The molecule has 1 aliphatic carbocycles. The summed E-state index contributed by atoms with van der Waals surface area (Å²) >= 11 is 0.